The lowest BCUT2D eigenvalue weighted by atomic mass is 9.81. The summed E-state index contributed by atoms with van der Waals surface area (Å²) in [4.78, 5) is 0.582. The van der Waals surface area contributed by atoms with Crippen molar-refractivity contribution in [1.29, 1.82) is 0 Å². The molecule has 0 aliphatic heterocycles. The first kappa shape index (κ1) is 57.5. The van der Waals surface area contributed by atoms with Crippen LogP contribution < -0.4 is 0 Å². The van der Waals surface area contributed by atoms with E-state index in [1.165, 1.54) is 255 Å². The van der Waals surface area contributed by atoms with Crippen LogP contribution in [0.15, 0.2) is 4.90 Å². The second kappa shape index (κ2) is 41.2. The van der Waals surface area contributed by atoms with Gasteiger partial charge in [0.25, 0.3) is 9.05 Å². The van der Waals surface area contributed by atoms with Gasteiger partial charge in [0, 0.05) is 10.7 Å². The third-order valence-corrected chi connectivity index (χ3v) is 15.1. The Kier molecular flexibility index (Phi) is 39.5. The van der Waals surface area contributed by atoms with E-state index in [4.69, 9.17) is 10.7 Å². The zero-order valence-corrected chi connectivity index (χ0v) is 43.0. The van der Waals surface area contributed by atoms with E-state index in [1.54, 1.807) is 5.56 Å². The number of rotatable bonds is 46. The molecular formula is C56H105ClO2S. The highest BCUT2D eigenvalue weighted by molar-refractivity contribution is 8.13. The summed E-state index contributed by atoms with van der Waals surface area (Å²) in [5.74, 6) is 0. The van der Waals surface area contributed by atoms with Crippen LogP contribution in [0.25, 0.3) is 0 Å². The summed E-state index contributed by atoms with van der Waals surface area (Å²) >= 11 is 0. The molecule has 0 N–H and O–H groups in total. The van der Waals surface area contributed by atoms with Gasteiger partial charge in [-0.3, -0.25) is 0 Å². The molecule has 0 bridgehead atoms. The molecule has 0 spiro atoms. The summed E-state index contributed by atoms with van der Waals surface area (Å²) in [5, 5.41) is 0. The monoisotopic (exact) mass is 877 g/mol. The van der Waals surface area contributed by atoms with Crippen LogP contribution >= 0.6 is 10.7 Å². The van der Waals surface area contributed by atoms with E-state index >= 15 is 0 Å². The number of hydrogen-bond acceptors (Lipinski definition) is 2. The average Bonchev–Trinajstić information content (AvgIpc) is 3.23. The van der Waals surface area contributed by atoms with Crippen LogP contribution in [0.2, 0.25) is 0 Å². The summed E-state index contributed by atoms with van der Waals surface area (Å²) in [6.07, 6.45) is 56.6. The second-order valence-electron chi connectivity index (χ2n) is 19.3. The van der Waals surface area contributed by atoms with E-state index in [1.807, 2.05) is 0 Å². The van der Waals surface area contributed by atoms with Gasteiger partial charge in [0.2, 0.25) is 0 Å². The Bertz CT molecular complexity index is 1140. The molecule has 4 heteroatoms. The molecule has 2 nitrogen and oxygen atoms in total. The predicted molar refractivity (Wildman–Crippen MR) is 271 cm³/mol. The Labute approximate surface area is 382 Å². The molecule has 0 heterocycles. The minimum atomic E-state index is -3.91. The molecule has 0 saturated heterocycles. The van der Waals surface area contributed by atoms with Crippen LogP contribution in [0.4, 0.5) is 0 Å². The maximum Gasteiger partial charge on any atom is 0.261 e. The quantitative estimate of drug-likeness (QED) is 0.0483. The number of benzene rings is 1. The molecular weight excluding hydrogens is 772 g/mol. The Morgan fingerprint density at radius 3 is 0.583 bits per heavy atom. The summed E-state index contributed by atoms with van der Waals surface area (Å²) in [6, 6.07) is 0. The first-order valence-electron chi connectivity index (χ1n) is 27.5. The van der Waals surface area contributed by atoms with Crippen LogP contribution in [-0.2, 0) is 41.2 Å². The Hall–Kier alpha value is -0.540. The van der Waals surface area contributed by atoms with E-state index in [0.717, 1.165) is 56.1 Å². The van der Waals surface area contributed by atoms with Crippen molar-refractivity contribution >= 4 is 19.7 Å². The maximum absolute atomic E-state index is 14.1. The fraction of sp³-hybridized carbons (Fsp3) is 0.893. The van der Waals surface area contributed by atoms with Gasteiger partial charge in [-0.25, -0.2) is 8.42 Å². The van der Waals surface area contributed by atoms with Crippen molar-refractivity contribution in [3.63, 3.8) is 0 Å². The fourth-order valence-corrected chi connectivity index (χ4v) is 11.5. The van der Waals surface area contributed by atoms with Crippen molar-refractivity contribution in [2.75, 3.05) is 0 Å². The fourth-order valence-electron chi connectivity index (χ4n) is 9.91. The molecule has 0 aromatic heterocycles. The van der Waals surface area contributed by atoms with Crippen molar-refractivity contribution < 1.29 is 8.42 Å². The normalized spacial score (nSPS) is 12.0. The molecule has 0 aliphatic rings. The molecule has 0 radical (unpaired) electrons. The molecule has 1 aromatic carbocycles. The average molecular weight is 878 g/mol. The van der Waals surface area contributed by atoms with Crippen molar-refractivity contribution in [2.24, 2.45) is 0 Å². The standard InChI is InChI=1S/C56H105ClO2S/c1-6-11-16-21-26-31-36-41-46-51-52(47-42-37-32-27-22-17-12-7-2)54(49-44-39-34-29-24-19-14-9-4)56(60(57,58)59)55(50-45-40-35-30-25-20-15-10-5)53(51)48-43-38-33-28-23-18-13-8-3/h6-50H2,1-5H3. The minimum absolute atomic E-state index is 0.582. The molecule has 60 heavy (non-hydrogen) atoms. The van der Waals surface area contributed by atoms with Crippen molar-refractivity contribution in [1.82, 2.24) is 0 Å². The lowest BCUT2D eigenvalue weighted by Gasteiger charge is -2.27. The highest BCUT2D eigenvalue weighted by Gasteiger charge is 2.29. The second-order valence-corrected chi connectivity index (χ2v) is 21.8. The highest BCUT2D eigenvalue weighted by Crippen LogP contribution is 2.39. The van der Waals surface area contributed by atoms with Gasteiger partial charge in [-0.15, -0.1) is 0 Å². The van der Waals surface area contributed by atoms with E-state index in [0.29, 0.717) is 4.90 Å². The Balaban J connectivity index is 3.64. The summed E-state index contributed by atoms with van der Waals surface area (Å²) < 4.78 is 28.3. The van der Waals surface area contributed by atoms with Crippen molar-refractivity contribution in [3.05, 3.63) is 27.8 Å². The lowest BCUT2D eigenvalue weighted by Crippen LogP contribution is -2.16. The van der Waals surface area contributed by atoms with Gasteiger partial charge in [0.15, 0.2) is 0 Å². The summed E-state index contributed by atoms with van der Waals surface area (Å²) in [6.45, 7) is 11.5. The number of hydrogen-bond donors (Lipinski definition) is 0. The largest absolute Gasteiger partial charge is 0.261 e. The van der Waals surface area contributed by atoms with Gasteiger partial charge in [0.1, 0.15) is 0 Å². The smallest absolute Gasteiger partial charge is 0.207 e. The van der Waals surface area contributed by atoms with Gasteiger partial charge >= 0.3 is 0 Å². The zero-order chi connectivity index (χ0) is 43.8. The van der Waals surface area contributed by atoms with Gasteiger partial charge < -0.3 is 0 Å². The van der Waals surface area contributed by atoms with Crippen molar-refractivity contribution in [3.8, 4) is 0 Å². The van der Waals surface area contributed by atoms with E-state index in [9.17, 15) is 8.42 Å². The number of halogens is 1. The third kappa shape index (κ3) is 29.0. The highest BCUT2D eigenvalue weighted by atomic mass is 35.7. The predicted octanol–water partition coefficient (Wildman–Crippen LogP) is 20.0. The Morgan fingerprint density at radius 1 is 0.250 bits per heavy atom. The van der Waals surface area contributed by atoms with E-state index in [2.05, 4.69) is 34.6 Å². The van der Waals surface area contributed by atoms with Gasteiger partial charge in [-0.1, -0.05) is 259 Å². The van der Waals surface area contributed by atoms with Gasteiger partial charge in [0.05, 0.1) is 4.90 Å². The molecule has 0 amide bonds. The summed E-state index contributed by atoms with van der Waals surface area (Å²) in [5.41, 5.74) is 6.76. The molecule has 1 rings (SSSR count). The lowest BCUT2D eigenvalue weighted by molar-refractivity contribution is 0.557. The van der Waals surface area contributed by atoms with Crippen LogP contribution in [0, 0.1) is 0 Å². The Morgan fingerprint density at radius 2 is 0.400 bits per heavy atom. The van der Waals surface area contributed by atoms with E-state index in [-0.39, 0.29) is 0 Å². The number of unbranched alkanes of at least 4 members (excludes halogenated alkanes) is 35. The molecule has 0 atom stereocenters. The minimum Gasteiger partial charge on any atom is -0.207 e. The van der Waals surface area contributed by atoms with Crippen LogP contribution in [0.1, 0.15) is 319 Å². The molecule has 0 fully saturated rings. The zero-order valence-electron chi connectivity index (χ0n) is 41.4. The topological polar surface area (TPSA) is 34.1 Å². The van der Waals surface area contributed by atoms with Crippen molar-refractivity contribution in [2.45, 2.75) is 328 Å². The van der Waals surface area contributed by atoms with Gasteiger partial charge in [-0.2, -0.15) is 0 Å². The summed E-state index contributed by atoms with van der Waals surface area (Å²) in [7, 11) is 2.84. The molecule has 1 aromatic rings. The first-order chi connectivity index (χ1) is 29.4. The maximum atomic E-state index is 14.1. The molecule has 354 valence electrons. The van der Waals surface area contributed by atoms with Crippen LogP contribution in [0.5, 0.6) is 0 Å². The molecule has 0 aliphatic carbocycles. The molecule has 0 unspecified atom stereocenters. The first-order valence-corrected chi connectivity index (χ1v) is 29.8. The molecule has 0 saturated carbocycles. The van der Waals surface area contributed by atoms with Crippen LogP contribution in [0.3, 0.4) is 0 Å². The SMILES string of the molecule is CCCCCCCCCCc1c(CCCCCCCCCC)c(CCCCCCCCCC)c(S(=O)(=O)Cl)c(CCCCCCCCCC)c1CCCCCCCCCC. The van der Waals surface area contributed by atoms with E-state index < -0.39 is 9.05 Å². The third-order valence-electron chi connectivity index (χ3n) is 13.7. The van der Waals surface area contributed by atoms with Gasteiger partial charge in [-0.05, 0) is 92.0 Å². The van der Waals surface area contributed by atoms with Crippen LogP contribution in [-0.4, -0.2) is 8.42 Å².